The van der Waals surface area contributed by atoms with E-state index in [0.717, 1.165) is 12.8 Å². The van der Waals surface area contributed by atoms with Crippen LogP contribution in [0, 0.1) is 23.7 Å². The highest BCUT2D eigenvalue weighted by molar-refractivity contribution is 5.06. The van der Waals surface area contributed by atoms with Crippen molar-refractivity contribution in [2.45, 2.75) is 67.2 Å². The van der Waals surface area contributed by atoms with Crippen molar-refractivity contribution in [3.63, 3.8) is 0 Å². The van der Waals surface area contributed by atoms with Crippen LogP contribution in [0.5, 0.6) is 0 Å². The third-order valence-electron chi connectivity index (χ3n) is 2.88. The van der Waals surface area contributed by atoms with Gasteiger partial charge < -0.3 is 0 Å². The molecule has 18 heavy (non-hydrogen) atoms. The topological polar surface area (TPSA) is 0 Å². The van der Waals surface area contributed by atoms with Crippen molar-refractivity contribution < 1.29 is 0 Å². The summed E-state index contributed by atoms with van der Waals surface area (Å²) in [5.41, 5.74) is 2.82. The highest BCUT2D eigenvalue weighted by Crippen LogP contribution is 2.09. The van der Waals surface area contributed by atoms with Crippen molar-refractivity contribution in [1.82, 2.24) is 0 Å². The molecule has 0 amide bonds. The largest absolute Gasteiger partial charge is 0.0999 e. The van der Waals surface area contributed by atoms with E-state index in [9.17, 15) is 0 Å². The van der Waals surface area contributed by atoms with E-state index in [4.69, 9.17) is 0 Å². The van der Waals surface area contributed by atoms with E-state index >= 15 is 0 Å². The lowest BCUT2D eigenvalue weighted by Crippen LogP contribution is -1.93. The van der Waals surface area contributed by atoms with E-state index in [1.54, 1.807) is 0 Å². The van der Waals surface area contributed by atoms with Crippen molar-refractivity contribution in [1.29, 1.82) is 0 Å². The van der Waals surface area contributed by atoms with Crippen molar-refractivity contribution in [3.8, 4) is 11.8 Å². The van der Waals surface area contributed by atoms with Crippen LogP contribution in [-0.2, 0) is 0 Å². The van der Waals surface area contributed by atoms with E-state index in [1.807, 2.05) is 0 Å². The van der Waals surface area contributed by atoms with E-state index in [0.29, 0.717) is 11.8 Å². The SMILES string of the molecule is CC(C)=CCCC(C)C#CC(C)CCC=C(C)C. The fourth-order valence-electron chi connectivity index (χ4n) is 1.67. The Balaban J connectivity index is 3.92. The first kappa shape index (κ1) is 17.0. The second-order valence-corrected chi connectivity index (χ2v) is 5.81. The van der Waals surface area contributed by atoms with Gasteiger partial charge in [-0.05, 0) is 53.4 Å². The summed E-state index contributed by atoms with van der Waals surface area (Å²) in [6.45, 7) is 13.1. The fourth-order valence-corrected chi connectivity index (χ4v) is 1.67. The summed E-state index contributed by atoms with van der Waals surface area (Å²) in [5.74, 6) is 7.83. The average Bonchev–Trinajstić information content (AvgIpc) is 2.25. The molecular formula is C18H30. The maximum Gasteiger partial charge on any atom is 0.0177 e. The standard InChI is InChI=1S/C18H30/c1-15(2)9-7-11-17(5)13-14-18(6)12-8-10-16(3)4/h9-10,17-18H,7-8,11-12H2,1-6H3. The van der Waals surface area contributed by atoms with Gasteiger partial charge in [-0.15, -0.1) is 0 Å². The first-order valence-corrected chi connectivity index (χ1v) is 7.19. The maximum absolute atomic E-state index is 3.39. The minimum absolute atomic E-state index is 0.520. The molecule has 0 fully saturated rings. The second-order valence-electron chi connectivity index (χ2n) is 5.81. The molecule has 0 aliphatic rings. The Hall–Kier alpha value is -0.960. The molecule has 0 heterocycles. The minimum atomic E-state index is 0.520. The first-order chi connectivity index (χ1) is 8.41. The molecule has 0 radical (unpaired) electrons. The molecule has 2 atom stereocenters. The molecule has 0 aromatic rings. The number of hydrogen-bond acceptors (Lipinski definition) is 0. The van der Waals surface area contributed by atoms with E-state index < -0.39 is 0 Å². The van der Waals surface area contributed by atoms with Crippen molar-refractivity contribution in [2.24, 2.45) is 11.8 Å². The zero-order valence-electron chi connectivity index (χ0n) is 13.1. The van der Waals surface area contributed by atoms with Gasteiger partial charge in [0.15, 0.2) is 0 Å². The predicted molar refractivity (Wildman–Crippen MR) is 83.4 cm³/mol. The van der Waals surface area contributed by atoms with E-state index in [2.05, 4.69) is 65.5 Å². The quantitative estimate of drug-likeness (QED) is 0.413. The molecular weight excluding hydrogens is 216 g/mol. The molecule has 0 spiro atoms. The second kappa shape index (κ2) is 10.0. The summed E-state index contributed by atoms with van der Waals surface area (Å²) in [6.07, 6.45) is 9.28. The van der Waals surface area contributed by atoms with Crippen LogP contribution in [-0.4, -0.2) is 0 Å². The van der Waals surface area contributed by atoms with Gasteiger partial charge in [-0.3, -0.25) is 0 Å². The monoisotopic (exact) mass is 246 g/mol. The van der Waals surface area contributed by atoms with Gasteiger partial charge >= 0.3 is 0 Å². The van der Waals surface area contributed by atoms with Gasteiger partial charge in [0.05, 0.1) is 0 Å². The van der Waals surface area contributed by atoms with Gasteiger partial charge in [0.25, 0.3) is 0 Å². The molecule has 102 valence electrons. The van der Waals surface area contributed by atoms with Gasteiger partial charge in [-0.1, -0.05) is 49.0 Å². The molecule has 0 aromatic carbocycles. The van der Waals surface area contributed by atoms with Crippen LogP contribution in [0.2, 0.25) is 0 Å². The van der Waals surface area contributed by atoms with Crippen molar-refractivity contribution in [3.05, 3.63) is 23.3 Å². The van der Waals surface area contributed by atoms with E-state index in [-0.39, 0.29) is 0 Å². The summed E-state index contributed by atoms with van der Waals surface area (Å²) in [7, 11) is 0. The molecule has 0 heteroatoms. The van der Waals surface area contributed by atoms with Crippen LogP contribution in [0.15, 0.2) is 23.3 Å². The number of allylic oxidation sites excluding steroid dienone is 4. The van der Waals surface area contributed by atoms with Crippen LogP contribution in [0.4, 0.5) is 0 Å². The smallest absolute Gasteiger partial charge is 0.0177 e. The van der Waals surface area contributed by atoms with E-state index in [1.165, 1.54) is 24.0 Å². The van der Waals surface area contributed by atoms with Gasteiger partial charge in [-0.2, -0.15) is 0 Å². The molecule has 0 aliphatic heterocycles. The number of rotatable bonds is 6. The maximum atomic E-state index is 3.39. The van der Waals surface area contributed by atoms with Crippen LogP contribution >= 0.6 is 0 Å². The Kier molecular flexibility index (Phi) is 9.47. The third kappa shape index (κ3) is 11.5. The Morgan fingerprint density at radius 2 is 1.11 bits per heavy atom. The van der Waals surface area contributed by atoms with Crippen LogP contribution in [0.25, 0.3) is 0 Å². The highest BCUT2D eigenvalue weighted by atomic mass is 14.0. The van der Waals surface area contributed by atoms with Gasteiger partial charge in [0.1, 0.15) is 0 Å². The number of hydrogen-bond donors (Lipinski definition) is 0. The third-order valence-corrected chi connectivity index (χ3v) is 2.88. The molecule has 0 aliphatic carbocycles. The van der Waals surface area contributed by atoms with Crippen LogP contribution in [0.1, 0.15) is 67.2 Å². The zero-order chi connectivity index (χ0) is 14.0. The highest BCUT2D eigenvalue weighted by Gasteiger charge is 1.98. The molecule has 0 nitrogen and oxygen atoms in total. The molecule has 0 N–H and O–H groups in total. The summed E-state index contributed by atoms with van der Waals surface area (Å²) >= 11 is 0. The summed E-state index contributed by atoms with van der Waals surface area (Å²) < 4.78 is 0. The average molecular weight is 246 g/mol. The summed E-state index contributed by atoms with van der Waals surface area (Å²) in [4.78, 5) is 0. The summed E-state index contributed by atoms with van der Waals surface area (Å²) in [6, 6.07) is 0. The Morgan fingerprint density at radius 3 is 1.39 bits per heavy atom. The van der Waals surface area contributed by atoms with Crippen molar-refractivity contribution in [2.75, 3.05) is 0 Å². The molecule has 2 unspecified atom stereocenters. The fraction of sp³-hybridized carbons (Fsp3) is 0.667. The lowest BCUT2D eigenvalue weighted by Gasteiger charge is -2.03. The van der Waals surface area contributed by atoms with Gasteiger partial charge in [0.2, 0.25) is 0 Å². The lowest BCUT2D eigenvalue weighted by atomic mass is 10.0. The lowest BCUT2D eigenvalue weighted by molar-refractivity contribution is 0.656. The molecule has 0 saturated carbocycles. The van der Waals surface area contributed by atoms with Gasteiger partial charge in [-0.25, -0.2) is 0 Å². The molecule has 0 saturated heterocycles. The minimum Gasteiger partial charge on any atom is -0.0999 e. The Morgan fingerprint density at radius 1 is 0.778 bits per heavy atom. The summed E-state index contributed by atoms with van der Waals surface area (Å²) in [5, 5.41) is 0. The molecule has 0 aromatic heterocycles. The normalized spacial score (nSPS) is 13.0. The zero-order valence-corrected chi connectivity index (χ0v) is 13.1. The predicted octanol–water partition coefficient (Wildman–Crippen LogP) is 5.75. The van der Waals surface area contributed by atoms with Crippen molar-refractivity contribution >= 4 is 0 Å². The molecule has 0 rings (SSSR count). The first-order valence-electron chi connectivity index (χ1n) is 7.19. The Bertz CT molecular complexity index is 293. The van der Waals surface area contributed by atoms with Crippen LogP contribution in [0.3, 0.4) is 0 Å². The molecule has 0 bridgehead atoms. The van der Waals surface area contributed by atoms with Gasteiger partial charge in [0, 0.05) is 11.8 Å². The Labute approximate surface area is 115 Å². The van der Waals surface area contributed by atoms with Crippen LogP contribution < -0.4 is 0 Å².